The summed E-state index contributed by atoms with van der Waals surface area (Å²) in [7, 11) is 0. The molecule has 2 aromatic rings. The number of amidine groups is 1. The fraction of sp³-hybridized carbons (Fsp3) is 0.278. The second kappa shape index (κ2) is 5.60. The van der Waals surface area contributed by atoms with Gasteiger partial charge in [0.15, 0.2) is 0 Å². The van der Waals surface area contributed by atoms with Gasteiger partial charge in [-0.3, -0.25) is 5.41 Å². The van der Waals surface area contributed by atoms with Gasteiger partial charge in [-0.1, -0.05) is 39.0 Å². The van der Waals surface area contributed by atoms with Crippen molar-refractivity contribution in [3.05, 3.63) is 59.2 Å². The maximum atomic E-state index is 7.52. The van der Waals surface area contributed by atoms with E-state index in [1.54, 1.807) is 0 Å². The fourth-order valence-electron chi connectivity index (χ4n) is 2.30. The third kappa shape index (κ3) is 3.43. The molecule has 2 aromatic carbocycles. The number of rotatable bonds is 3. The van der Waals surface area contributed by atoms with Crippen molar-refractivity contribution in [3.8, 4) is 11.5 Å². The van der Waals surface area contributed by atoms with E-state index in [-0.39, 0.29) is 11.3 Å². The lowest BCUT2D eigenvalue weighted by Gasteiger charge is -2.22. The molecule has 0 saturated carbocycles. The predicted octanol–water partition coefficient (Wildman–Crippen LogP) is 4.37. The average molecular weight is 282 g/mol. The lowest BCUT2D eigenvalue weighted by Crippen LogP contribution is -2.13. The van der Waals surface area contributed by atoms with E-state index >= 15 is 0 Å². The van der Waals surface area contributed by atoms with Gasteiger partial charge in [0.2, 0.25) is 0 Å². The maximum absolute atomic E-state index is 7.52. The minimum absolute atomic E-state index is 0.0188. The second-order valence-electron chi connectivity index (χ2n) is 6.24. The molecule has 0 saturated heterocycles. The molecule has 0 amide bonds. The van der Waals surface area contributed by atoms with E-state index in [4.69, 9.17) is 15.9 Å². The second-order valence-corrected chi connectivity index (χ2v) is 6.24. The minimum Gasteiger partial charge on any atom is -0.457 e. The molecule has 0 fully saturated rings. The molecule has 0 spiro atoms. The zero-order valence-corrected chi connectivity index (χ0v) is 13.0. The molecule has 0 aliphatic carbocycles. The lowest BCUT2D eigenvalue weighted by atomic mass is 9.86. The van der Waals surface area contributed by atoms with Gasteiger partial charge in [-0.15, -0.1) is 0 Å². The number of nitrogens with two attached hydrogens (primary N) is 1. The number of benzene rings is 2. The zero-order valence-electron chi connectivity index (χ0n) is 13.0. The Morgan fingerprint density at radius 1 is 1.10 bits per heavy atom. The van der Waals surface area contributed by atoms with Crippen molar-refractivity contribution in [1.29, 1.82) is 5.41 Å². The predicted molar refractivity (Wildman–Crippen MR) is 87.4 cm³/mol. The van der Waals surface area contributed by atoms with Crippen LogP contribution in [0.25, 0.3) is 0 Å². The Balaban J connectivity index is 2.35. The van der Waals surface area contributed by atoms with Crippen LogP contribution >= 0.6 is 0 Å². The highest BCUT2D eigenvalue weighted by molar-refractivity contribution is 5.96. The molecule has 0 unspecified atom stereocenters. The number of para-hydroxylation sites is 1. The molecule has 0 aliphatic rings. The molecular weight excluding hydrogens is 260 g/mol. The molecule has 0 radical (unpaired) electrons. The normalized spacial score (nSPS) is 11.2. The van der Waals surface area contributed by atoms with Gasteiger partial charge >= 0.3 is 0 Å². The van der Waals surface area contributed by atoms with Gasteiger partial charge in [0.25, 0.3) is 0 Å². The summed E-state index contributed by atoms with van der Waals surface area (Å²) in [5.74, 6) is 1.70. The van der Waals surface area contributed by atoms with Crippen molar-refractivity contribution < 1.29 is 4.74 Å². The Kier molecular flexibility index (Phi) is 4.03. The van der Waals surface area contributed by atoms with Gasteiger partial charge in [-0.25, -0.2) is 0 Å². The molecule has 0 bridgehead atoms. The van der Waals surface area contributed by atoms with Crippen LogP contribution in [0, 0.1) is 12.3 Å². The quantitative estimate of drug-likeness (QED) is 0.648. The van der Waals surface area contributed by atoms with Crippen LogP contribution in [0.1, 0.15) is 37.5 Å². The molecule has 0 aliphatic heterocycles. The molecule has 3 N–H and O–H groups in total. The monoisotopic (exact) mass is 282 g/mol. The largest absolute Gasteiger partial charge is 0.457 e. The van der Waals surface area contributed by atoms with E-state index in [1.807, 2.05) is 43.3 Å². The van der Waals surface area contributed by atoms with Gasteiger partial charge in [-0.05, 0) is 42.2 Å². The minimum atomic E-state index is 0.0188. The summed E-state index contributed by atoms with van der Waals surface area (Å²) in [4.78, 5) is 0. The highest BCUT2D eigenvalue weighted by Gasteiger charge is 2.18. The number of ether oxygens (including phenoxy) is 1. The zero-order chi connectivity index (χ0) is 15.6. The first-order chi connectivity index (χ1) is 9.79. The van der Waals surface area contributed by atoms with Crippen LogP contribution in [0.2, 0.25) is 0 Å². The summed E-state index contributed by atoms with van der Waals surface area (Å²) in [6.45, 7) is 8.43. The van der Waals surface area contributed by atoms with Crippen LogP contribution < -0.4 is 10.5 Å². The summed E-state index contributed by atoms with van der Waals surface area (Å²) in [5.41, 5.74) is 8.41. The van der Waals surface area contributed by atoms with Crippen LogP contribution in [0.5, 0.6) is 11.5 Å². The number of hydrogen-bond acceptors (Lipinski definition) is 2. The van der Waals surface area contributed by atoms with Gasteiger partial charge in [0, 0.05) is 11.1 Å². The Morgan fingerprint density at radius 3 is 2.33 bits per heavy atom. The molecule has 0 aromatic heterocycles. The van der Waals surface area contributed by atoms with Crippen molar-refractivity contribution in [2.24, 2.45) is 5.73 Å². The molecule has 3 nitrogen and oxygen atoms in total. The highest BCUT2D eigenvalue weighted by atomic mass is 16.5. The summed E-state index contributed by atoms with van der Waals surface area (Å²) in [6.07, 6.45) is 0. The van der Waals surface area contributed by atoms with Gasteiger partial charge < -0.3 is 10.5 Å². The Hall–Kier alpha value is -2.29. The molecule has 2 rings (SSSR count). The first-order valence-corrected chi connectivity index (χ1v) is 7.01. The summed E-state index contributed by atoms with van der Waals surface area (Å²) in [6, 6.07) is 13.7. The Labute approximate surface area is 126 Å². The van der Waals surface area contributed by atoms with Crippen molar-refractivity contribution in [1.82, 2.24) is 0 Å². The van der Waals surface area contributed by atoms with Crippen molar-refractivity contribution >= 4 is 5.84 Å². The van der Waals surface area contributed by atoms with Gasteiger partial charge in [-0.2, -0.15) is 0 Å². The molecule has 0 atom stereocenters. The number of nitrogens with one attached hydrogen (secondary N) is 1. The molecule has 110 valence electrons. The maximum Gasteiger partial charge on any atom is 0.131 e. The standard InChI is InChI=1S/C18H22N2O/c1-12-11-13(9-10-14(12)17(19)20)21-16-8-6-5-7-15(16)18(2,3)4/h5-11H,1-4H3,(H3,19,20). The van der Waals surface area contributed by atoms with Crippen molar-refractivity contribution in [2.45, 2.75) is 33.1 Å². The lowest BCUT2D eigenvalue weighted by molar-refractivity contribution is 0.455. The third-order valence-electron chi connectivity index (χ3n) is 3.41. The van der Waals surface area contributed by atoms with Crippen LogP contribution in [0.3, 0.4) is 0 Å². The summed E-state index contributed by atoms with van der Waals surface area (Å²) >= 11 is 0. The van der Waals surface area contributed by atoms with Crippen molar-refractivity contribution in [3.63, 3.8) is 0 Å². The van der Waals surface area contributed by atoms with Gasteiger partial charge in [0.1, 0.15) is 17.3 Å². The van der Waals surface area contributed by atoms with Gasteiger partial charge in [0.05, 0.1) is 0 Å². The summed E-state index contributed by atoms with van der Waals surface area (Å²) in [5, 5.41) is 7.52. The Morgan fingerprint density at radius 2 is 1.76 bits per heavy atom. The van der Waals surface area contributed by atoms with E-state index in [9.17, 15) is 0 Å². The van der Waals surface area contributed by atoms with E-state index < -0.39 is 0 Å². The number of hydrogen-bond donors (Lipinski definition) is 2. The molecule has 3 heteroatoms. The van der Waals surface area contributed by atoms with E-state index in [1.165, 1.54) is 5.56 Å². The average Bonchev–Trinajstić information content (AvgIpc) is 2.37. The van der Waals surface area contributed by atoms with Crippen LogP contribution in [-0.2, 0) is 5.41 Å². The summed E-state index contributed by atoms with van der Waals surface area (Å²) < 4.78 is 6.04. The Bertz CT molecular complexity index is 669. The molecular formula is C18H22N2O. The topological polar surface area (TPSA) is 59.1 Å². The van der Waals surface area contributed by atoms with E-state index in [0.717, 1.165) is 22.6 Å². The first-order valence-electron chi connectivity index (χ1n) is 7.01. The molecule has 21 heavy (non-hydrogen) atoms. The number of aryl methyl sites for hydroxylation is 1. The van der Waals surface area contributed by atoms with E-state index in [0.29, 0.717) is 0 Å². The third-order valence-corrected chi connectivity index (χ3v) is 3.41. The van der Waals surface area contributed by atoms with Crippen LogP contribution in [0.4, 0.5) is 0 Å². The smallest absolute Gasteiger partial charge is 0.131 e. The SMILES string of the molecule is Cc1cc(Oc2ccccc2C(C)(C)C)ccc1C(=N)N. The fourth-order valence-corrected chi connectivity index (χ4v) is 2.30. The highest BCUT2D eigenvalue weighted by Crippen LogP contribution is 2.34. The first kappa shape index (κ1) is 15.1. The van der Waals surface area contributed by atoms with E-state index in [2.05, 4.69) is 26.8 Å². The number of nitrogen functional groups attached to an aromatic ring is 1. The van der Waals surface area contributed by atoms with Crippen LogP contribution in [-0.4, -0.2) is 5.84 Å². The van der Waals surface area contributed by atoms with Crippen LogP contribution in [0.15, 0.2) is 42.5 Å². The van der Waals surface area contributed by atoms with Crippen molar-refractivity contribution in [2.75, 3.05) is 0 Å². The molecule has 0 heterocycles.